The molecular weight excluding hydrogens is 515 g/mol. The highest BCUT2D eigenvalue weighted by Gasteiger charge is 2.31. The van der Waals surface area contributed by atoms with E-state index in [2.05, 4.69) is 15.0 Å². The molecule has 0 saturated carbocycles. The summed E-state index contributed by atoms with van der Waals surface area (Å²) in [6.45, 7) is 0.0466. The van der Waals surface area contributed by atoms with Crippen LogP contribution in [0.3, 0.4) is 0 Å². The monoisotopic (exact) mass is 531 g/mol. The zero-order chi connectivity index (χ0) is 26.4. The number of aromatic nitrogens is 1. The second kappa shape index (κ2) is 8.85. The zero-order valence-electron chi connectivity index (χ0n) is 18.5. The lowest BCUT2D eigenvalue weighted by atomic mass is 10.1. The summed E-state index contributed by atoms with van der Waals surface area (Å²) in [5, 5.41) is 2.47. The van der Waals surface area contributed by atoms with Gasteiger partial charge in [-0.15, -0.1) is 0 Å². The summed E-state index contributed by atoms with van der Waals surface area (Å²) in [6.07, 6.45) is -3.46. The highest BCUT2D eigenvalue weighted by molar-refractivity contribution is 7.92. The molecule has 1 amide bonds. The molecule has 0 bridgehead atoms. The number of H-pyrrole nitrogens is 1. The van der Waals surface area contributed by atoms with Gasteiger partial charge in [-0.1, -0.05) is 6.07 Å². The maximum atomic E-state index is 13.1. The topological polar surface area (TPSA) is 127 Å². The van der Waals surface area contributed by atoms with Gasteiger partial charge in [0.2, 0.25) is 12.2 Å². The number of amides is 1. The summed E-state index contributed by atoms with van der Waals surface area (Å²) in [5.41, 5.74) is -1.77. The normalized spacial score (nSPS) is 12.9. The minimum absolute atomic E-state index is 0.0466. The minimum Gasteiger partial charge on any atom is -0.454 e. The smallest absolute Gasteiger partial charge is 0.416 e. The largest absolute Gasteiger partial charge is 0.454 e. The van der Waals surface area contributed by atoms with E-state index in [-0.39, 0.29) is 33.8 Å². The first kappa shape index (κ1) is 24.2. The molecule has 13 heteroatoms. The van der Waals surface area contributed by atoms with E-state index < -0.39 is 33.1 Å². The number of carbonyl (C=O) groups is 1. The average molecular weight is 531 g/mol. The van der Waals surface area contributed by atoms with Gasteiger partial charge in [0.1, 0.15) is 5.56 Å². The van der Waals surface area contributed by atoms with Crippen LogP contribution in [0, 0.1) is 0 Å². The van der Waals surface area contributed by atoms with Gasteiger partial charge in [0.25, 0.3) is 15.9 Å². The summed E-state index contributed by atoms with van der Waals surface area (Å²) >= 11 is 0. The van der Waals surface area contributed by atoms with Gasteiger partial charge >= 0.3 is 6.18 Å². The third-order valence-corrected chi connectivity index (χ3v) is 6.86. The molecule has 1 aliphatic rings. The van der Waals surface area contributed by atoms with Crippen LogP contribution in [0.5, 0.6) is 11.5 Å². The Bertz CT molecular complexity index is 1720. The van der Waals surface area contributed by atoms with E-state index in [1.54, 1.807) is 12.1 Å². The number of rotatable bonds is 5. The van der Waals surface area contributed by atoms with Crippen LogP contribution >= 0.6 is 0 Å². The van der Waals surface area contributed by atoms with Crippen LogP contribution in [0.25, 0.3) is 10.9 Å². The van der Waals surface area contributed by atoms with Gasteiger partial charge in [-0.05, 0) is 48.5 Å². The summed E-state index contributed by atoms with van der Waals surface area (Å²) in [7, 11) is -4.37. The van der Waals surface area contributed by atoms with Gasteiger partial charge in [0, 0.05) is 34.5 Å². The first-order chi connectivity index (χ1) is 17.5. The molecule has 190 valence electrons. The quantitative estimate of drug-likeness (QED) is 0.352. The van der Waals surface area contributed by atoms with Crippen LogP contribution in [0.1, 0.15) is 15.9 Å². The van der Waals surface area contributed by atoms with Gasteiger partial charge < -0.3 is 19.8 Å². The molecule has 0 saturated heterocycles. The second-order valence-corrected chi connectivity index (χ2v) is 9.63. The molecule has 3 N–H and O–H groups in total. The number of alkyl halides is 3. The lowest BCUT2D eigenvalue weighted by molar-refractivity contribution is -0.137. The van der Waals surface area contributed by atoms with Gasteiger partial charge in [0.05, 0.1) is 10.5 Å². The number of hydrogen-bond acceptors (Lipinski definition) is 6. The van der Waals surface area contributed by atoms with Gasteiger partial charge in [-0.2, -0.15) is 13.2 Å². The lowest BCUT2D eigenvalue weighted by Crippen LogP contribution is -2.22. The van der Waals surface area contributed by atoms with Crippen molar-refractivity contribution in [2.75, 3.05) is 16.8 Å². The number of nitrogens with one attached hydrogen (secondary N) is 3. The summed E-state index contributed by atoms with van der Waals surface area (Å²) in [4.78, 5) is 28.3. The third kappa shape index (κ3) is 4.80. The van der Waals surface area contributed by atoms with Gasteiger partial charge in [-0.3, -0.25) is 14.3 Å². The molecule has 0 radical (unpaired) electrons. The van der Waals surface area contributed by atoms with E-state index in [1.807, 2.05) is 0 Å². The Labute approximate surface area is 206 Å². The van der Waals surface area contributed by atoms with Gasteiger partial charge in [0.15, 0.2) is 11.5 Å². The molecule has 4 aromatic rings. The Morgan fingerprint density at radius 3 is 2.51 bits per heavy atom. The highest BCUT2D eigenvalue weighted by atomic mass is 32.2. The van der Waals surface area contributed by atoms with Crippen LogP contribution in [0.15, 0.2) is 76.6 Å². The lowest BCUT2D eigenvalue weighted by Gasteiger charge is -2.12. The zero-order valence-corrected chi connectivity index (χ0v) is 19.4. The molecule has 0 fully saturated rings. The van der Waals surface area contributed by atoms with Crippen LogP contribution in [-0.4, -0.2) is 26.1 Å². The molecule has 5 rings (SSSR count). The number of aromatic amines is 1. The van der Waals surface area contributed by atoms with Crippen molar-refractivity contribution in [3.63, 3.8) is 0 Å². The van der Waals surface area contributed by atoms with Crippen molar-refractivity contribution >= 4 is 38.2 Å². The Kier molecular flexibility index (Phi) is 5.79. The summed E-state index contributed by atoms with van der Waals surface area (Å²) in [5.74, 6) is 0.180. The molecular formula is C24H16F3N3O6S. The second-order valence-electron chi connectivity index (χ2n) is 7.95. The number of anilines is 2. The number of ether oxygens (including phenoxy) is 2. The van der Waals surface area contributed by atoms with E-state index in [0.717, 1.165) is 18.2 Å². The molecule has 37 heavy (non-hydrogen) atoms. The molecule has 0 unspecified atom stereocenters. The number of halogens is 3. The number of hydrogen-bond donors (Lipinski definition) is 3. The van der Waals surface area contributed by atoms with Gasteiger partial charge in [-0.25, -0.2) is 8.42 Å². The van der Waals surface area contributed by atoms with Crippen molar-refractivity contribution in [1.29, 1.82) is 0 Å². The SMILES string of the molecule is O=C(Nc1ccc2c(c1)OCO2)c1c[nH]c2ccc(S(=O)(=O)Nc3cccc(C(F)(F)F)c3)cc2c1=O. The van der Waals surface area contributed by atoms with E-state index in [9.17, 15) is 31.2 Å². The fourth-order valence-electron chi connectivity index (χ4n) is 3.68. The maximum absolute atomic E-state index is 13.1. The molecule has 0 spiro atoms. The molecule has 2 heterocycles. The number of sulfonamides is 1. The fraction of sp³-hybridized carbons (Fsp3) is 0.0833. The van der Waals surface area contributed by atoms with Crippen molar-refractivity contribution in [2.24, 2.45) is 0 Å². The Balaban J connectivity index is 1.44. The van der Waals surface area contributed by atoms with Crippen molar-refractivity contribution in [3.05, 3.63) is 88.2 Å². The van der Waals surface area contributed by atoms with Crippen molar-refractivity contribution in [2.45, 2.75) is 11.1 Å². The number of fused-ring (bicyclic) bond motifs is 2. The fourth-order valence-corrected chi connectivity index (χ4v) is 4.75. The molecule has 3 aromatic carbocycles. The van der Waals surface area contributed by atoms with E-state index in [4.69, 9.17) is 9.47 Å². The van der Waals surface area contributed by atoms with Crippen LogP contribution in [-0.2, 0) is 16.2 Å². The molecule has 0 aliphatic carbocycles. The average Bonchev–Trinajstić information content (AvgIpc) is 3.31. The third-order valence-electron chi connectivity index (χ3n) is 5.48. The van der Waals surface area contributed by atoms with Crippen molar-refractivity contribution < 1.29 is 35.9 Å². The maximum Gasteiger partial charge on any atom is 0.416 e. The van der Waals surface area contributed by atoms with Crippen molar-refractivity contribution in [3.8, 4) is 11.5 Å². The van der Waals surface area contributed by atoms with E-state index in [1.165, 1.54) is 30.5 Å². The molecule has 0 atom stereocenters. The van der Waals surface area contributed by atoms with Crippen LogP contribution in [0.2, 0.25) is 0 Å². The van der Waals surface area contributed by atoms with Crippen LogP contribution in [0.4, 0.5) is 24.5 Å². The van der Waals surface area contributed by atoms with E-state index in [0.29, 0.717) is 23.3 Å². The predicted molar refractivity (Wildman–Crippen MR) is 127 cm³/mol. The summed E-state index contributed by atoms with van der Waals surface area (Å²) in [6, 6.07) is 11.9. The molecule has 1 aliphatic heterocycles. The standard InChI is InChI=1S/C24H16F3N3O6S/c25-24(26,27)13-2-1-3-15(8-13)30-37(33,34)16-5-6-19-17(10-16)22(31)18(11-28-19)23(32)29-14-4-7-20-21(9-14)36-12-35-20/h1-11,30H,12H2,(H,28,31)(H,29,32). The number of pyridine rings is 1. The Morgan fingerprint density at radius 1 is 0.946 bits per heavy atom. The Hall–Kier alpha value is -4.52. The first-order valence-electron chi connectivity index (χ1n) is 10.6. The molecule has 9 nitrogen and oxygen atoms in total. The molecule has 1 aromatic heterocycles. The minimum atomic E-state index is -4.66. The number of benzene rings is 3. The summed E-state index contributed by atoms with van der Waals surface area (Å²) < 4.78 is 77.2. The predicted octanol–water partition coefficient (Wildman–Crippen LogP) is 4.33. The van der Waals surface area contributed by atoms with Crippen molar-refractivity contribution in [1.82, 2.24) is 4.98 Å². The van der Waals surface area contributed by atoms with Crippen LogP contribution < -0.4 is 24.9 Å². The van der Waals surface area contributed by atoms with E-state index >= 15 is 0 Å². The Morgan fingerprint density at radius 2 is 1.73 bits per heavy atom. The highest BCUT2D eigenvalue weighted by Crippen LogP contribution is 2.34. The first-order valence-corrected chi connectivity index (χ1v) is 12.1. The number of carbonyl (C=O) groups excluding carboxylic acids is 1.